The number of hydrogen-bond donors (Lipinski definition) is 0. The number of fused-ring (bicyclic) bond motifs is 2. The second kappa shape index (κ2) is 6.83. The Morgan fingerprint density at radius 2 is 2.17 bits per heavy atom. The molecule has 1 fully saturated rings. The lowest BCUT2D eigenvalue weighted by Crippen LogP contribution is -2.18. The number of aromatic nitrogens is 2. The van der Waals surface area contributed by atoms with Crippen molar-refractivity contribution >= 4 is 28.2 Å². The van der Waals surface area contributed by atoms with Crippen LogP contribution in [0.25, 0.3) is 32.0 Å². The molecule has 0 amide bonds. The lowest BCUT2D eigenvalue weighted by molar-refractivity contribution is 0.101. The minimum atomic E-state index is -0.252. The number of pyridine rings is 2. The number of thiophene rings is 1. The molecule has 3 aromatic heterocycles. The van der Waals surface area contributed by atoms with Gasteiger partial charge in [-0.2, -0.15) is 0 Å². The molecule has 7 nitrogen and oxygen atoms in total. The summed E-state index contributed by atoms with van der Waals surface area (Å²) in [5.41, 5.74) is 11.5. The van der Waals surface area contributed by atoms with E-state index in [2.05, 4.69) is 16.1 Å². The van der Waals surface area contributed by atoms with Crippen LogP contribution in [0.1, 0.15) is 65.5 Å². The first kappa shape index (κ1) is 18.1. The van der Waals surface area contributed by atoms with Gasteiger partial charge in [-0.15, -0.1) is 11.3 Å². The summed E-state index contributed by atoms with van der Waals surface area (Å²) in [6, 6.07) is 5.96. The van der Waals surface area contributed by atoms with E-state index in [1.807, 2.05) is 10.6 Å². The van der Waals surface area contributed by atoms with Crippen molar-refractivity contribution in [2.24, 2.45) is 5.11 Å². The summed E-state index contributed by atoms with van der Waals surface area (Å²) in [5.74, 6) is -0.217. The molecule has 1 atom stereocenters. The van der Waals surface area contributed by atoms with Crippen molar-refractivity contribution < 1.29 is 4.79 Å². The van der Waals surface area contributed by atoms with Gasteiger partial charge in [0.15, 0.2) is 5.78 Å². The zero-order valence-corrected chi connectivity index (χ0v) is 16.8. The van der Waals surface area contributed by atoms with Crippen LogP contribution < -0.4 is 5.43 Å². The second-order valence-corrected chi connectivity index (χ2v) is 8.83. The zero-order chi connectivity index (χ0) is 20.1. The number of aryl methyl sites for hydroxylation is 1. The van der Waals surface area contributed by atoms with Crippen molar-refractivity contribution in [3.63, 3.8) is 0 Å². The van der Waals surface area contributed by atoms with E-state index >= 15 is 0 Å². The standard InChI is InChI=1S/C21H19N5O2S/c1-11(27)15-10-26(13-5-6-13)21-14(19(15)28)7-8-16(23-21)18-9-12-3-2-4-17(24-25-22)20(12)29-18/h7-10,13,17H,2-6H2,1H3. The molecular formula is C21H19N5O2S. The fourth-order valence-corrected chi connectivity index (χ4v) is 5.33. The van der Waals surface area contributed by atoms with Gasteiger partial charge in [0, 0.05) is 22.0 Å². The lowest BCUT2D eigenvalue weighted by Gasteiger charge is -2.16. The van der Waals surface area contributed by atoms with Crippen LogP contribution in [0.15, 0.2) is 34.3 Å². The first-order valence-corrected chi connectivity index (χ1v) is 10.6. The van der Waals surface area contributed by atoms with Gasteiger partial charge < -0.3 is 4.57 Å². The summed E-state index contributed by atoms with van der Waals surface area (Å²) in [4.78, 5) is 34.7. The predicted molar refractivity (Wildman–Crippen MR) is 112 cm³/mol. The van der Waals surface area contributed by atoms with Gasteiger partial charge in [0.05, 0.1) is 27.6 Å². The molecule has 146 valence electrons. The number of ketones is 1. The molecular weight excluding hydrogens is 386 g/mol. The molecule has 0 spiro atoms. The highest BCUT2D eigenvalue weighted by Crippen LogP contribution is 2.42. The van der Waals surface area contributed by atoms with E-state index in [1.54, 1.807) is 23.6 Å². The average Bonchev–Trinajstić information content (AvgIpc) is 3.45. The molecule has 2 aliphatic rings. The van der Waals surface area contributed by atoms with E-state index in [-0.39, 0.29) is 22.8 Å². The molecule has 1 unspecified atom stereocenters. The molecule has 2 aliphatic carbocycles. The van der Waals surface area contributed by atoms with Gasteiger partial charge in [-0.1, -0.05) is 5.11 Å². The van der Waals surface area contributed by atoms with Gasteiger partial charge in [0.25, 0.3) is 0 Å². The number of hydrogen-bond acceptors (Lipinski definition) is 5. The van der Waals surface area contributed by atoms with Crippen molar-refractivity contribution in [1.82, 2.24) is 9.55 Å². The normalized spacial score (nSPS) is 18.3. The fourth-order valence-electron chi connectivity index (χ4n) is 4.08. The third-order valence-corrected chi connectivity index (χ3v) is 7.01. The number of rotatable bonds is 4. The van der Waals surface area contributed by atoms with Crippen molar-refractivity contribution in [1.29, 1.82) is 0 Å². The summed E-state index contributed by atoms with van der Waals surface area (Å²) < 4.78 is 1.99. The molecule has 0 radical (unpaired) electrons. The molecule has 1 saturated carbocycles. The third-order valence-electron chi connectivity index (χ3n) is 5.71. The first-order chi connectivity index (χ1) is 14.1. The van der Waals surface area contributed by atoms with Crippen LogP contribution >= 0.6 is 11.3 Å². The minimum absolute atomic E-state index is 0.106. The van der Waals surface area contributed by atoms with Crippen molar-refractivity contribution in [2.75, 3.05) is 0 Å². The van der Waals surface area contributed by atoms with Gasteiger partial charge in [-0.3, -0.25) is 9.59 Å². The fraction of sp³-hybridized carbons (Fsp3) is 0.381. The van der Waals surface area contributed by atoms with Crippen molar-refractivity contribution in [2.45, 2.75) is 51.1 Å². The second-order valence-electron chi connectivity index (χ2n) is 7.75. The lowest BCUT2D eigenvalue weighted by atomic mass is 9.95. The largest absolute Gasteiger partial charge is 0.328 e. The zero-order valence-electron chi connectivity index (χ0n) is 16.0. The third kappa shape index (κ3) is 3.05. The highest BCUT2D eigenvalue weighted by atomic mass is 32.1. The molecule has 0 aliphatic heterocycles. The monoisotopic (exact) mass is 405 g/mol. The van der Waals surface area contributed by atoms with Crippen molar-refractivity contribution in [3.8, 4) is 10.6 Å². The maximum Gasteiger partial charge on any atom is 0.201 e. The first-order valence-electron chi connectivity index (χ1n) is 9.81. The van der Waals surface area contributed by atoms with E-state index in [0.717, 1.165) is 47.6 Å². The van der Waals surface area contributed by atoms with Crippen LogP contribution in [-0.4, -0.2) is 15.3 Å². The molecule has 0 saturated heterocycles. The SMILES string of the molecule is CC(=O)c1cn(C2CC2)c2nc(-c3cc4c(s3)C(N=[N+]=[N-])CCC4)ccc2c1=O. The summed E-state index contributed by atoms with van der Waals surface area (Å²) in [6.45, 7) is 1.43. The van der Waals surface area contributed by atoms with E-state index in [9.17, 15) is 9.59 Å². The van der Waals surface area contributed by atoms with E-state index < -0.39 is 0 Å². The quantitative estimate of drug-likeness (QED) is 0.253. The Bertz CT molecular complexity index is 1260. The van der Waals surface area contributed by atoms with Crippen LogP contribution in [0, 0.1) is 0 Å². The number of nitrogens with zero attached hydrogens (tertiary/aromatic N) is 5. The van der Waals surface area contributed by atoms with Crippen LogP contribution in [0.2, 0.25) is 0 Å². The molecule has 3 aromatic rings. The molecule has 0 bridgehead atoms. The minimum Gasteiger partial charge on any atom is -0.328 e. The van der Waals surface area contributed by atoms with Gasteiger partial charge in [0.1, 0.15) is 5.65 Å². The topological polar surface area (TPSA) is 101 Å². The highest BCUT2D eigenvalue weighted by Gasteiger charge is 2.28. The van der Waals surface area contributed by atoms with Gasteiger partial charge >= 0.3 is 0 Å². The summed E-state index contributed by atoms with van der Waals surface area (Å²) in [7, 11) is 0. The maximum atomic E-state index is 12.8. The molecule has 5 rings (SSSR count). The Hall–Kier alpha value is -2.96. The number of carbonyl (C=O) groups is 1. The maximum absolute atomic E-state index is 12.8. The predicted octanol–water partition coefficient (Wildman–Crippen LogP) is 5.35. The van der Waals surface area contributed by atoms with E-state index in [1.165, 1.54) is 12.5 Å². The molecule has 29 heavy (non-hydrogen) atoms. The summed E-state index contributed by atoms with van der Waals surface area (Å²) in [6.07, 6.45) is 6.60. The van der Waals surface area contributed by atoms with Crippen LogP contribution in [-0.2, 0) is 6.42 Å². The Morgan fingerprint density at radius 1 is 1.34 bits per heavy atom. The Balaban J connectivity index is 1.67. The number of carbonyl (C=O) groups excluding carboxylic acids is 1. The molecule has 8 heteroatoms. The Morgan fingerprint density at radius 3 is 2.90 bits per heavy atom. The Kier molecular flexibility index (Phi) is 4.26. The molecule has 0 aromatic carbocycles. The van der Waals surface area contributed by atoms with E-state index in [4.69, 9.17) is 10.5 Å². The summed E-state index contributed by atoms with van der Waals surface area (Å²) >= 11 is 1.62. The average molecular weight is 405 g/mol. The van der Waals surface area contributed by atoms with Gasteiger partial charge in [0.2, 0.25) is 5.43 Å². The van der Waals surface area contributed by atoms with Gasteiger partial charge in [-0.25, -0.2) is 4.98 Å². The number of Topliss-reactive ketones (excluding diaryl/α,β-unsaturated/α-hetero) is 1. The number of azide groups is 1. The van der Waals surface area contributed by atoms with Gasteiger partial charge in [-0.05, 0) is 68.3 Å². The summed E-state index contributed by atoms with van der Waals surface area (Å²) in [5, 5.41) is 4.45. The molecule has 3 heterocycles. The van der Waals surface area contributed by atoms with Crippen LogP contribution in [0.5, 0.6) is 0 Å². The van der Waals surface area contributed by atoms with E-state index in [0.29, 0.717) is 17.1 Å². The highest BCUT2D eigenvalue weighted by molar-refractivity contribution is 7.15. The Labute approximate surface area is 170 Å². The van der Waals surface area contributed by atoms with Crippen molar-refractivity contribution in [3.05, 3.63) is 61.1 Å². The van der Waals surface area contributed by atoms with Crippen LogP contribution in [0.3, 0.4) is 0 Å². The molecule has 0 N–H and O–H groups in total. The van der Waals surface area contributed by atoms with Crippen LogP contribution in [0.4, 0.5) is 0 Å². The smallest absolute Gasteiger partial charge is 0.201 e.